The number of amides is 1. The van der Waals surface area contributed by atoms with Crippen LogP contribution in [-0.2, 0) is 4.79 Å². The van der Waals surface area contributed by atoms with Gasteiger partial charge in [0, 0.05) is 13.1 Å². The number of carbonyl (C=O) groups is 1. The van der Waals surface area contributed by atoms with Gasteiger partial charge in [-0.2, -0.15) is 15.0 Å². The zero-order chi connectivity index (χ0) is 14.8. The summed E-state index contributed by atoms with van der Waals surface area (Å²) in [4.78, 5) is 26.4. The van der Waals surface area contributed by atoms with Crippen molar-refractivity contribution in [1.29, 1.82) is 0 Å². The van der Waals surface area contributed by atoms with Crippen LogP contribution in [0.15, 0.2) is 0 Å². The van der Waals surface area contributed by atoms with Crippen LogP contribution in [-0.4, -0.2) is 46.6 Å². The summed E-state index contributed by atoms with van der Waals surface area (Å²) in [6, 6.07) is 0.329. The van der Waals surface area contributed by atoms with Crippen molar-refractivity contribution >= 4 is 23.5 Å². The third kappa shape index (κ3) is 2.88. The van der Waals surface area contributed by atoms with Crippen LogP contribution in [0.1, 0.15) is 26.2 Å². The molecule has 0 radical (unpaired) electrons. The molecular formula is C13H18ClN5O2. The molecule has 0 aliphatic carbocycles. The van der Waals surface area contributed by atoms with E-state index < -0.39 is 0 Å². The van der Waals surface area contributed by atoms with Crippen molar-refractivity contribution in [3.05, 3.63) is 5.28 Å². The molecule has 1 aromatic heterocycles. The first-order valence-corrected chi connectivity index (χ1v) is 7.65. The van der Waals surface area contributed by atoms with E-state index in [1.165, 1.54) is 0 Å². The van der Waals surface area contributed by atoms with Gasteiger partial charge >= 0.3 is 6.01 Å². The maximum Gasteiger partial charge on any atom is 0.322 e. The molecule has 2 unspecified atom stereocenters. The molecular weight excluding hydrogens is 294 g/mol. The molecule has 0 bridgehead atoms. The van der Waals surface area contributed by atoms with Crippen LogP contribution in [0.5, 0.6) is 6.01 Å². The number of ether oxygens (including phenoxy) is 1. The van der Waals surface area contributed by atoms with Crippen molar-refractivity contribution in [2.45, 2.75) is 32.2 Å². The highest BCUT2D eigenvalue weighted by Gasteiger charge is 2.41. The Hall–Kier alpha value is -1.63. The fraction of sp³-hybridized carbons (Fsp3) is 0.692. The van der Waals surface area contributed by atoms with E-state index >= 15 is 0 Å². The van der Waals surface area contributed by atoms with Gasteiger partial charge in [0.15, 0.2) is 0 Å². The predicted octanol–water partition coefficient (Wildman–Crippen LogP) is 1.03. The molecule has 2 fully saturated rings. The Bertz CT molecular complexity index is 541. The molecule has 0 saturated carbocycles. The minimum atomic E-state index is 0.00861. The van der Waals surface area contributed by atoms with Gasteiger partial charge in [0.2, 0.25) is 17.1 Å². The molecule has 2 saturated heterocycles. The first-order chi connectivity index (χ1) is 10.2. The summed E-state index contributed by atoms with van der Waals surface area (Å²) < 4.78 is 5.44. The van der Waals surface area contributed by atoms with Crippen LogP contribution in [0.25, 0.3) is 0 Å². The summed E-state index contributed by atoms with van der Waals surface area (Å²) in [6.45, 7) is 3.97. The van der Waals surface area contributed by atoms with Crippen molar-refractivity contribution in [3.8, 4) is 6.01 Å². The zero-order valence-electron chi connectivity index (χ0n) is 11.9. The predicted molar refractivity (Wildman–Crippen MR) is 77.5 cm³/mol. The summed E-state index contributed by atoms with van der Waals surface area (Å²) in [5.41, 5.74) is 0. The third-order valence-corrected chi connectivity index (χ3v) is 4.04. The lowest BCUT2D eigenvalue weighted by Crippen LogP contribution is -2.46. The minimum absolute atomic E-state index is 0.00861. The van der Waals surface area contributed by atoms with Crippen molar-refractivity contribution in [2.24, 2.45) is 5.92 Å². The fourth-order valence-electron chi connectivity index (χ4n) is 2.91. The number of rotatable bonds is 4. The molecule has 3 heterocycles. The molecule has 21 heavy (non-hydrogen) atoms. The van der Waals surface area contributed by atoms with Crippen LogP contribution in [0.4, 0.5) is 5.95 Å². The molecule has 1 amide bonds. The van der Waals surface area contributed by atoms with Crippen LogP contribution in [0, 0.1) is 5.92 Å². The Morgan fingerprint density at radius 2 is 2.29 bits per heavy atom. The van der Waals surface area contributed by atoms with Crippen LogP contribution in [0.3, 0.4) is 0 Å². The average molecular weight is 312 g/mol. The van der Waals surface area contributed by atoms with E-state index in [9.17, 15) is 4.79 Å². The summed E-state index contributed by atoms with van der Waals surface area (Å²) in [5.74, 6) is 0.619. The largest absolute Gasteiger partial charge is 0.463 e. The van der Waals surface area contributed by atoms with Crippen molar-refractivity contribution < 1.29 is 9.53 Å². The molecule has 0 spiro atoms. The van der Waals surface area contributed by atoms with E-state index in [-0.39, 0.29) is 29.2 Å². The highest BCUT2D eigenvalue weighted by atomic mass is 35.5. The van der Waals surface area contributed by atoms with Gasteiger partial charge < -0.3 is 15.0 Å². The van der Waals surface area contributed by atoms with Crippen LogP contribution in [0.2, 0.25) is 5.28 Å². The Labute approximate surface area is 128 Å². The highest BCUT2D eigenvalue weighted by Crippen LogP contribution is 2.30. The number of carbonyl (C=O) groups excluding carboxylic acids is 1. The lowest BCUT2D eigenvalue weighted by Gasteiger charge is -2.35. The standard InChI is InChI=1S/C13H18ClN5O2/c1-2-6-21-13-17-11(14)16-12(18-13)19-5-3-4-8-9(19)7-15-10(8)20/h8-9H,2-7H2,1H3,(H,15,20). The topological polar surface area (TPSA) is 80.2 Å². The van der Waals surface area contributed by atoms with Gasteiger partial charge in [-0.3, -0.25) is 4.79 Å². The second-order valence-corrected chi connectivity index (χ2v) is 5.63. The molecule has 1 aromatic rings. The van der Waals surface area contributed by atoms with Gasteiger partial charge in [-0.15, -0.1) is 0 Å². The van der Waals surface area contributed by atoms with Crippen molar-refractivity contribution in [3.63, 3.8) is 0 Å². The maximum atomic E-state index is 11.8. The Kier molecular flexibility index (Phi) is 4.10. The van der Waals surface area contributed by atoms with E-state index in [0.717, 1.165) is 25.8 Å². The zero-order valence-corrected chi connectivity index (χ0v) is 12.6. The molecule has 1 N–H and O–H groups in total. The van der Waals surface area contributed by atoms with Gasteiger partial charge in [0.05, 0.1) is 18.6 Å². The molecule has 8 heteroatoms. The number of aromatic nitrogens is 3. The van der Waals surface area contributed by atoms with E-state index in [2.05, 4.69) is 20.3 Å². The molecule has 0 aromatic carbocycles. The van der Waals surface area contributed by atoms with Gasteiger partial charge in [-0.1, -0.05) is 6.92 Å². The molecule has 114 valence electrons. The number of hydrogen-bond acceptors (Lipinski definition) is 6. The number of nitrogens with one attached hydrogen (secondary N) is 1. The molecule has 2 aliphatic rings. The van der Waals surface area contributed by atoms with E-state index in [0.29, 0.717) is 19.1 Å². The number of hydrogen-bond donors (Lipinski definition) is 1. The first-order valence-electron chi connectivity index (χ1n) is 7.27. The second kappa shape index (κ2) is 6.01. The Morgan fingerprint density at radius 3 is 3.10 bits per heavy atom. The molecule has 7 nitrogen and oxygen atoms in total. The monoisotopic (exact) mass is 311 g/mol. The lowest BCUT2D eigenvalue weighted by atomic mass is 9.92. The Morgan fingerprint density at radius 1 is 1.43 bits per heavy atom. The van der Waals surface area contributed by atoms with Gasteiger partial charge in [0.1, 0.15) is 0 Å². The van der Waals surface area contributed by atoms with E-state index in [1.54, 1.807) is 0 Å². The molecule has 3 rings (SSSR count). The van der Waals surface area contributed by atoms with Gasteiger partial charge in [-0.25, -0.2) is 0 Å². The number of nitrogens with zero attached hydrogens (tertiary/aromatic N) is 4. The quantitative estimate of drug-likeness (QED) is 0.894. The van der Waals surface area contributed by atoms with Gasteiger partial charge in [-0.05, 0) is 30.9 Å². The maximum absolute atomic E-state index is 11.8. The number of piperidine rings is 1. The number of halogens is 1. The number of anilines is 1. The highest BCUT2D eigenvalue weighted by molar-refractivity contribution is 6.28. The third-order valence-electron chi connectivity index (χ3n) is 3.87. The van der Waals surface area contributed by atoms with E-state index in [4.69, 9.17) is 16.3 Å². The van der Waals surface area contributed by atoms with Crippen molar-refractivity contribution in [2.75, 3.05) is 24.6 Å². The first kappa shape index (κ1) is 14.3. The van der Waals surface area contributed by atoms with Crippen LogP contribution < -0.4 is 15.0 Å². The summed E-state index contributed by atoms with van der Waals surface area (Å²) >= 11 is 5.97. The number of fused-ring (bicyclic) bond motifs is 1. The molecule has 2 atom stereocenters. The summed E-state index contributed by atoms with van der Waals surface area (Å²) in [5, 5.41) is 3.02. The SMILES string of the molecule is CCCOc1nc(Cl)nc(N2CCCC3C(=O)NCC32)n1. The smallest absolute Gasteiger partial charge is 0.322 e. The van der Waals surface area contributed by atoms with Crippen LogP contribution >= 0.6 is 11.6 Å². The minimum Gasteiger partial charge on any atom is -0.463 e. The van der Waals surface area contributed by atoms with Gasteiger partial charge in [0.25, 0.3) is 0 Å². The average Bonchev–Trinajstić information content (AvgIpc) is 2.86. The van der Waals surface area contributed by atoms with Crippen molar-refractivity contribution in [1.82, 2.24) is 20.3 Å². The summed E-state index contributed by atoms with van der Waals surface area (Å²) in [6.07, 6.45) is 2.71. The second-order valence-electron chi connectivity index (χ2n) is 5.29. The molecule has 2 aliphatic heterocycles. The summed E-state index contributed by atoms with van der Waals surface area (Å²) in [7, 11) is 0. The lowest BCUT2D eigenvalue weighted by molar-refractivity contribution is -0.123. The Balaban J connectivity index is 1.85. The fourth-order valence-corrected chi connectivity index (χ4v) is 3.06. The normalized spacial score (nSPS) is 24.7. The van der Waals surface area contributed by atoms with E-state index in [1.807, 2.05) is 11.8 Å².